The van der Waals surface area contributed by atoms with Gasteiger partial charge in [-0.2, -0.15) is 5.26 Å². The van der Waals surface area contributed by atoms with Crippen molar-refractivity contribution in [3.63, 3.8) is 0 Å². The summed E-state index contributed by atoms with van der Waals surface area (Å²) in [5, 5.41) is 29.7. The second-order valence-corrected chi connectivity index (χ2v) is 15.5. The van der Waals surface area contributed by atoms with E-state index in [0.717, 1.165) is 16.7 Å². The van der Waals surface area contributed by atoms with Gasteiger partial charge in [-0.3, -0.25) is 14.4 Å². The zero-order chi connectivity index (χ0) is 42.8. The first-order valence-corrected chi connectivity index (χ1v) is 19.8. The van der Waals surface area contributed by atoms with Crippen molar-refractivity contribution in [1.82, 2.24) is 15.4 Å². The molecule has 15 heteroatoms. The van der Waals surface area contributed by atoms with Crippen molar-refractivity contribution >= 4 is 52.6 Å². The molecule has 1 aromatic heterocycles. The largest absolute Gasteiger partial charge is 0.489 e. The van der Waals surface area contributed by atoms with Crippen LogP contribution in [0.15, 0.2) is 114 Å². The average molecular weight is 857 g/mol. The number of carbonyl (C=O) groups excluding carboxylic acids is 3. The number of anilines is 1. The molecule has 3 unspecified atom stereocenters. The minimum atomic E-state index is -1.32. The Morgan fingerprint density at radius 1 is 0.934 bits per heavy atom. The van der Waals surface area contributed by atoms with Gasteiger partial charge >= 0.3 is 5.97 Å². The van der Waals surface area contributed by atoms with Crippen molar-refractivity contribution in [2.75, 3.05) is 5.32 Å². The Kier molecular flexibility index (Phi) is 11.5. The lowest BCUT2D eigenvalue weighted by Crippen LogP contribution is -2.56. The Hall–Kier alpha value is -7.14. The molecule has 0 bridgehead atoms. The van der Waals surface area contributed by atoms with Crippen molar-refractivity contribution in [2.45, 2.75) is 51.1 Å². The van der Waals surface area contributed by atoms with Gasteiger partial charge in [0.15, 0.2) is 5.69 Å². The third-order valence-corrected chi connectivity index (χ3v) is 11.3. The van der Waals surface area contributed by atoms with Crippen LogP contribution in [-0.4, -0.2) is 50.9 Å². The number of aryl methyl sites for hydroxylation is 1. The molecule has 2 aliphatic heterocycles. The van der Waals surface area contributed by atoms with Gasteiger partial charge in [-0.1, -0.05) is 83.0 Å². The summed E-state index contributed by atoms with van der Waals surface area (Å²) in [5.74, 6) is -1.59. The lowest BCUT2D eigenvalue weighted by molar-refractivity contribution is -0.142. The molecule has 0 aliphatic carbocycles. The van der Waals surface area contributed by atoms with Crippen LogP contribution in [0.25, 0.3) is 11.1 Å². The number of carbonyl (C=O) groups is 4. The van der Waals surface area contributed by atoms with Gasteiger partial charge in [-0.25, -0.2) is 4.79 Å². The fourth-order valence-corrected chi connectivity index (χ4v) is 7.60. The van der Waals surface area contributed by atoms with E-state index in [1.807, 2.05) is 30.3 Å². The second-order valence-electron chi connectivity index (χ2n) is 14.7. The quantitative estimate of drug-likeness (QED) is 0.116. The van der Waals surface area contributed by atoms with E-state index in [2.05, 4.69) is 21.9 Å². The number of nitrogens with one attached hydrogen (secondary N) is 2. The molecule has 61 heavy (non-hydrogen) atoms. The van der Waals surface area contributed by atoms with Crippen LogP contribution >= 0.6 is 23.2 Å². The topological polar surface area (TPSA) is 184 Å². The molecule has 3 heterocycles. The minimum Gasteiger partial charge on any atom is -0.489 e. The number of ether oxygens (including phenoxy) is 2. The summed E-state index contributed by atoms with van der Waals surface area (Å²) in [6.07, 6.45) is -1.01. The Balaban J connectivity index is 0.991. The van der Waals surface area contributed by atoms with Crippen LogP contribution in [-0.2, 0) is 40.4 Å². The van der Waals surface area contributed by atoms with Crippen LogP contribution < -0.4 is 20.1 Å². The van der Waals surface area contributed by atoms with E-state index in [4.69, 9.17) is 42.5 Å². The summed E-state index contributed by atoms with van der Waals surface area (Å²) >= 11 is 12.1. The predicted octanol–water partition coefficient (Wildman–Crippen LogP) is 7.86. The number of hydrogen-bond acceptors (Lipinski definition) is 9. The fourth-order valence-electron chi connectivity index (χ4n) is 7.28. The zero-order valence-electron chi connectivity index (χ0n) is 32.4. The fraction of sp³-hybridized carbons (Fsp3) is 0.174. The molecule has 6 aromatic rings. The highest BCUT2D eigenvalue weighted by molar-refractivity contribution is 6.42. The van der Waals surface area contributed by atoms with Gasteiger partial charge in [0, 0.05) is 31.0 Å². The SMILES string of the molecule is Cc1cc(C(=O)N2Cc3cc4c(cc3CC2C(=O)NC(Cc2ccc(-c3ccc(C#N)cc3)cc2)C(=O)O)NC(=O)C(c2ccc(OCc3ccc(Cl)c(Cl)c3)cc2)O4)no1. The molecule has 5 aromatic carbocycles. The Morgan fingerprint density at radius 3 is 2.30 bits per heavy atom. The number of nitriles is 1. The summed E-state index contributed by atoms with van der Waals surface area (Å²) in [7, 11) is 0. The number of carboxylic acid groups (broad SMARTS) is 1. The number of rotatable bonds is 11. The van der Waals surface area contributed by atoms with Gasteiger partial charge in [-0.05, 0) is 88.8 Å². The highest BCUT2D eigenvalue weighted by Gasteiger charge is 2.39. The second kappa shape index (κ2) is 17.2. The van der Waals surface area contributed by atoms with Gasteiger partial charge in [0.25, 0.3) is 11.8 Å². The molecule has 2 aliphatic rings. The standard InChI is InChI=1S/C46H35Cl2N5O8/c1-25-16-38(52-61-25)45(56)53-23-33-21-41-37(50-44(55)42(60-41)31-11-13-34(14-12-31)59-24-28-6-15-35(47)36(48)17-28)19-32(33)20-40(53)43(54)51-39(46(57)58)18-26-2-7-29(8-3-26)30-9-4-27(22-49)5-10-30/h2-17,19,21,39-40,42H,18,20,23-24H2,1H3,(H,50,55)(H,51,54)(H,57,58). The number of amides is 3. The number of aliphatic carboxylic acids is 1. The van der Waals surface area contributed by atoms with E-state index in [-0.39, 0.29) is 31.7 Å². The molecular weight excluding hydrogens is 821 g/mol. The Labute approximate surface area is 359 Å². The maximum Gasteiger partial charge on any atom is 0.326 e. The van der Waals surface area contributed by atoms with Crippen LogP contribution in [0.4, 0.5) is 5.69 Å². The van der Waals surface area contributed by atoms with E-state index >= 15 is 0 Å². The van der Waals surface area contributed by atoms with Crippen molar-refractivity contribution in [2.24, 2.45) is 0 Å². The highest BCUT2D eigenvalue weighted by Crippen LogP contribution is 2.40. The maximum absolute atomic E-state index is 14.1. The zero-order valence-corrected chi connectivity index (χ0v) is 33.9. The average Bonchev–Trinajstić information content (AvgIpc) is 3.71. The number of carboxylic acids is 1. The number of hydrogen-bond donors (Lipinski definition) is 3. The molecule has 3 amide bonds. The minimum absolute atomic E-state index is 0.00559. The van der Waals surface area contributed by atoms with E-state index in [1.54, 1.807) is 79.7 Å². The normalized spacial score (nSPS) is 15.9. The summed E-state index contributed by atoms with van der Waals surface area (Å²) < 4.78 is 17.3. The number of aromatic nitrogens is 1. The Morgan fingerprint density at radius 2 is 1.64 bits per heavy atom. The number of benzene rings is 5. The lowest BCUT2D eigenvalue weighted by atomic mass is 9.91. The summed E-state index contributed by atoms with van der Waals surface area (Å²) in [6, 6.07) is 31.1. The monoisotopic (exact) mass is 855 g/mol. The predicted molar refractivity (Wildman–Crippen MR) is 224 cm³/mol. The van der Waals surface area contributed by atoms with Crippen LogP contribution in [0.5, 0.6) is 11.5 Å². The van der Waals surface area contributed by atoms with Crippen LogP contribution in [0.3, 0.4) is 0 Å². The third-order valence-electron chi connectivity index (χ3n) is 10.5. The van der Waals surface area contributed by atoms with Crippen LogP contribution in [0, 0.1) is 18.3 Å². The molecule has 0 saturated heterocycles. The van der Waals surface area contributed by atoms with E-state index < -0.39 is 41.9 Å². The van der Waals surface area contributed by atoms with E-state index in [1.165, 1.54) is 11.0 Å². The van der Waals surface area contributed by atoms with Gasteiger partial charge < -0.3 is 34.6 Å². The molecule has 0 saturated carbocycles. The van der Waals surface area contributed by atoms with E-state index in [9.17, 15) is 24.3 Å². The van der Waals surface area contributed by atoms with Crippen molar-refractivity contribution < 1.29 is 38.3 Å². The van der Waals surface area contributed by atoms with Crippen molar-refractivity contribution in [3.8, 4) is 28.7 Å². The van der Waals surface area contributed by atoms with Gasteiger partial charge in [-0.15, -0.1) is 0 Å². The summed E-state index contributed by atoms with van der Waals surface area (Å²) in [6.45, 7) is 1.85. The molecule has 0 radical (unpaired) electrons. The molecule has 306 valence electrons. The first kappa shape index (κ1) is 40.6. The Bertz CT molecular complexity index is 2710. The molecule has 3 N–H and O–H groups in total. The smallest absolute Gasteiger partial charge is 0.326 e. The number of halogens is 2. The van der Waals surface area contributed by atoms with Gasteiger partial charge in [0.2, 0.25) is 12.0 Å². The highest BCUT2D eigenvalue weighted by atomic mass is 35.5. The molecule has 3 atom stereocenters. The first-order chi connectivity index (χ1) is 29.4. The lowest BCUT2D eigenvalue weighted by Gasteiger charge is -2.37. The van der Waals surface area contributed by atoms with Gasteiger partial charge in [0.1, 0.15) is 35.9 Å². The molecular formula is C46H35Cl2N5O8. The molecule has 8 rings (SSSR count). The molecule has 0 spiro atoms. The van der Waals surface area contributed by atoms with E-state index in [0.29, 0.717) is 60.8 Å². The molecule has 0 fully saturated rings. The van der Waals surface area contributed by atoms with Crippen molar-refractivity contribution in [3.05, 3.63) is 164 Å². The first-order valence-electron chi connectivity index (χ1n) is 19.1. The third kappa shape index (κ3) is 8.91. The van der Waals surface area contributed by atoms with Crippen LogP contribution in [0.1, 0.15) is 55.7 Å². The van der Waals surface area contributed by atoms with Gasteiger partial charge in [0.05, 0.1) is 27.4 Å². The number of nitrogens with zero attached hydrogens (tertiary/aromatic N) is 3. The number of fused-ring (bicyclic) bond motifs is 2. The van der Waals surface area contributed by atoms with Crippen molar-refractivity contribution in [1.29, 1.82) is 5.26 Å². The maximum atomic E-state index is 14.1. The summed E-state index contributed by atoms with van der Waals surface area (Å²) in [4.78, 5) is 55.4. The summed E-state index contributed by atoms with van der Waals surface area (Å²) in [5.41, 5.74) is 6.08. The molecule has 13 nitrogen and oxygen atoms in total. The van der Waals surface area contributed by atoms with Crippen LogP contribution in [0.2, 0.25) is 10.0 Å².